The number of nitrogen functional groups attached to an aromatic ring is 1. The van der Waals surface area contributed by atoms with Crippen LogP contribution in [0.1, 0.15) is 32.6 Å². The van der Waals surface area contributed by atoms with Crippen molar-refractivity contribution >= 4 is 11.4 Å². The van der Waals surface area contributed by atoms with Crippen LogP contribution in [0.3, 0.4) is 0 Å². The van der Waals surface area contributed by atoms with Crippen molar-refractivity contribution in [1.29, 1.82) is 0 Å². The van der Waals surface area contributed by atoms with E-state index in [1.54, 1.807) is 6.07 Å². The van der Waals surface area contributed by atoms with Crippen molar-refractivity contribution in [2.24, 2.45) is 5.92 Å². The van der Waals surface area contributed by atoms with E-state index in [1.807, 2.05) is 0 Å². The maximum atomic E-state index is 13.0. The third-order valence-corrected chi connectivity index (χ3v) is 3.81. The van der Waals surface area contributed by atoms with E-state index in [4.69, 9.17) is 5.73 Å². The Labute approximate surface area is 107 Å². The van der Waals surface area contributed by atoms with Gasteiger partial charge in [0.15, 0.2) is 0 Å². The van der Waals surface area contributed by atoms with Gasteiger partial charge in [0.2, 0.25) is 0 Å². The maximum absolute atomic E-state index is 13.0. The van der Waals surface area contributed by atoms with Crippen molar-refractivity contribution in [3.8, 4) is 0 Å². The van der Waals surface area contributed by atoms with Crippen molar-refractivity contribution < 1.29 is 9.50 Å². The smallest absolute Gasteiger partial charge is 0.125 e. The Morgan fingerprint density at radius 3 is 2.94 bits per heavy atom. The molecule has 1 aromatic carbocycles. The normalized spacial score (nSPS) is 28.1. The molecule has 0 bridgehead atoms. The number of hydrogen-bond donors (Lipinski definition) is 3. The van der Waals surface area contributed by atoms with Crippen LogP contribution in [0.15, 0.2) is 18.2 Å². The molecule has 18 heavy (non-hydrogen) atoms. The van der Waals surface area contributed by atoms with Crippen molar-refractivity contribution in [3.05, 3.63) is 24.0 Å². The fraction of sp³-hybridized carbons (Fsp3) is 0.571. The molecule has 1 saturated carbocycles. The molecule has 0 radical (unpaired) electrons. The van der Waals surface area contributed by atoms with Gasteiger partial charge in [0, 0.05) is 0 Å². The number of aliphatic hydroxyl groups is 1. The summed E-state index contributed by atoms with van der Waals surface area (Å²) in [6.07, 6.45) is 4.13. The molecule has 2 rings (SSSR count). The molecule has 2 atom stereocenters. The zero-order valence-electron chi connectivity index (χ0n) is 10.7. The summed E-state index contributed by atoms with van der Waals surface area (Å²) >= 11 is 0. The lowest BCUT2D eigenvalue weighted by atomic mass is 9.76. The Balaban J connectivity index is 2.19. The highest BCUT2D eigenvalue weighted by atomic mass is 19.1. The van der Waals surface area contributed by atoms with Gasteiger partial charge in [-0.15, -0.1) is 0 Å². The molecule has 4 N–H and O–H groups in total. The van der Waals surface area contributed by atoms with Crippen LogP contribution in [0.2, 0.25) is 0 Å². The summed E-state index contributed by atoms with van der Waals surface area (Å²) < 4.78 is 13.0. The molecule has 2 unspecified atom stereocenters. The molecule has 1 fully saturated rings. The van der Waals surface area contributed by atoms with Crippen molar-refractivity contribution in [2.45, 2.75) is 38.1 Å². The first-order valence-electron chi connectivity index (χ1n) is 6.49. The molecule has 4 heteroatoms. The average Bonchev–Trinajstić information content (AvgIpc) is 2.33. The number of nitrogens with one attached hydrogen (secondary N) is 1. The van der Waals surface area contributed by atoms with Crippen LogP contribution >= 0.6 is 0 Å². The summed E-state index contributed by atoms with van der Waals surface area (Å²) in [6.45, 7) is 2.27. The minimum Gasteiger partial charge on any atom is -0.397 e. The largest absolute Gasteiger partial charge is 0.397 e. The van der Waals surface area contributed by atoms with E-state index in [0.29, 0.717) is 17.3 Å². The third kappa shape index (κ3) is 2.75. The number of hydrogen-bond acceptors (Lipinski definition) is 3. The quantitative estimate of drug-likeness (QED) is 0.725. The van der Waals surface area contributed by atoms with Crippen LogP contribution in [0.25, 0.3) is 0 Å². The summed E-state index contributed by atoms with van der Waals surface area (Å²) in [4.78, 5) is 0. The summed E-state index contributed by atoms with van der Waals surface area (Å²) in [5.41, 5.74) is 6.58. The predicted octanol–water partition coefficient (Wildman–Crippen LogP) is 2.76. The second-order valence-corrected chi connectivity index (χ2v) is 5.50. The molecular formula is C14H21FN2O. The van der Waals surface area contributed by atoms with Gasteiger partial charge in [-0.3, -0.25) is 0 Å². The first kappa shape index (κ1) is 13.1. The maximum Gasteiger partial charge on any atom is 0.125 e. The summed E-state index contributed by atoms with van der Waals surface area (Å²) in [5.74, 6) is 0.244. The monoisotopic (exact) mass is 252 g/mol. The van der Waals surface area contributed by atoms with Crippen LogP contribution in [0.5, 0.6) is 0 Å². The SMILES string of the molecule is CC1CCCC(CO)(Nc2ccc(F)cc2N)C1. The Hall–Kier alpha value is -1.29. The molecule has 0 spiro atoms. The second kappa shape index (κ2) is 5.14. The molecule has 0 aliphatic heterocycles. The van der Waals surface area contributed by atoms with Crippen molar-refractivity contribution in [2.75, 3.05) is 17.7 Å². The van der Waals surface area contributed by atoms with Crippen LogP contribution in [0.4, 0.5) is 15.8 Å². The zero-order chi connectivity index (χ0) is 13.2. The fourth-order valence-corrected chi connectivity index (χ4v) is 2.89. The summed E-state index contributed by atoms with van der Waals surface area (Å²) in [5, 5.41) is 13.0. The van der Waals surface area contributed by atoms with Crippen LogP contribution in [-0.4, -0.2) is 17.3 Å². The highest BCUT2D eigenvalue weighted by Gasteiger charge is 2.34. The van der Waals surface area contributed by atoms with Gasteiger partial charge in [-0.2, -0.15) is 0 Å². The van der Waals surface area contributed by atoms with Gasteiger partial charge in [0.1, 0.15) is 5.82 Å². The topological polar surface area (TPSA) is 58.3 Å². The fourth-order valence-electron chi connectivity index (χ4n) is 2.89. The minimum absolute atomic E-state index is 0.0775. The van der Waals surface area contributed by atoms with Crippen molar-refractivity contribution in [3.63, 3.8) is 0 Å². The van der Waals surface area contributed by atoms with Crippen molar-refractivity contribution in [1.82, 2.24) is 0 Å². The van der Waals surface area contributed by atoms with Gasteiger partial charge in [-0.05, 0) is 37.0 Å². The highest BCUT2D eigenvalue weighted by molar-refractivity contribution is 5.67. The van der Waals surface area contributed by atoms with Crippen LogP contribution in [0, 0.1) is 11.7 Å². The van der Waals surface area contributed by atoms with Gasteiger partial charge in [0.25, 0.3) is 0 Å². The van der Waals surface area contributed by atoms with E-state index in [1.165, 1.54) is 18.6 Å². The molecular weight excluding hydrogens is 231 g/mol. The van der Waals surface area contributed by atoms with Crippen LogP contribution in [-0.2, 0) is 0 Å². The molecule has 0 heterocycles. The Bertz CT molecular complexity index is 424. The minimum atomic E-state index is -0.340. The number of anilines is 2. The second-order valence-electron chi connectivity index (χ2n) is 5.50. The van der Waals surface area contributed by atoms with E-state index in [-0.39, 0.29) is 18.0 Å². The van der Waals surface area contributed by atoms with E-state index in [9.17, 15) is 9.50 Å². The van der Waals surface area contributed by atoms with Gasteiger partial charge in [-0.25, -0.2) is 4.39 Å². The molecule has 1 aromatic rings. The molecule has 1 aliphatic carbocycles. The zero-order valence-corrected chi connectivity index (χ0v) is 10.7. The Morgan fingerprint density at radius 1 is 1.56 bits per heavy atom. The summed E-state index contributed by atoms with van der Waals surface area (Å²) in [6, 6.07) is 4.33. The first-order chi connectivity index (χ1) is 8.54. The number of halogens is 1. The van der Waals surface area contributed by atoms with Gasteiger partial charge >= 0.3 is 0 Å². The lowest BCUT2D eigenvalue weighted by Crippen LogP contribution is -2.46. The predicted molar refractivity (Wildman–Crippen MR) is 71.9 cm³/mol. The average molecular weight is 252 g/mol. The van der Waals surface area contributed by atoms with E-state index in [2.05, 4.69) is 12.2 Å². The standard InChI is InChI=1S/C14H21FN2O/c1-10-3-2-6-14(8-10,9-18)17-13-5-4-11(15)7-12(13)16/h4-5,7,10,17-18H,2-3,6,8-9,16H2,1H3. The van der Waals surface area contributed by atoms with Gasteiger partial charge < -0.3 is 16.2 Å². The van der Waals surface area contributed by atoms with E-state index < -0.39 is 0 Å². The molecule has 3 nitrogen and oxygen atoms in total. The number of nitrogens with two attached hydrogens (primary N) is 1. The molecule has 0 aromatic heterocycles. The van der Waals surface area contributed by atoms with Gasteiger partial charge in [-0.1, -0.05) is 19.8 Å². The van der Waals surface area contributed by atoms with E-state index >= 15 is 0 Å². The highest BCUT2D eigenvalue weighted by Crippen LogP contribution is 2.36. The lowest BCUT2D eigenvalue weighted by Gasteiger charge is -2.40. The van der Waals surface area contributed by atoms with E-state index in [0.717, 1.165) is 19.3 Å². The van der Waals surface area contributed by atoms with Crippen LogP contribution < -0.4 is 11.1 Å². The van der Waals surface area contributed by atoms with Gasteiger partial charge in [0.05, 0.1) is 23.5 Å². The number of aliphatic hydroxyl groups excluding tert-OH is 1. The molecule has 1 aliphatic rings. The first-order valence-corrected chi connectivity index (χ1v) is 6.49. The number of benzene rings is 1. The Morgan fingerprint density at radius 2 is 2.33 bits per heavy atom. The number of rotatable bonds is 3. The molecule has 100 valence electrons. The summed E-state index contributed by atoms with van der Waals surface area (Å²) in [7, 11) is 0. The molecule has 0 amide bonds. The third-order valence-electron chi connectivity index (χ3n) is 3.81. The Kier molecular flexibility index (Phi) is 3.76. The lowest BCUT2D eigenvalue weighted by molar-refractivity contribution is 0.149. The molecule has 0 saturated heterocycles.